The van der Waals surface area contributed by atoms with Crippen LogP contribution in [0.4, 0.5) is 0 Å². The molecule has 3 saturated heterocycles. The monoisotopic (exact) mass is 594 g/mol. The molecular weight excluding hydrogens is 532 g/mol. The number of hydrogen-bond donors (Lipinski definition) is 2. The van der Waals surface area contributed by atoms with Gasteiger partial charge >= 0.3 is 5.97 Å². The molecule has 0 aliphatic carbocycles. The molecule has 0 amide bonds. The smallest absolute Gasteiger partial charge is 0.309 e. The largest absolute Gasteiger partial charge is 0.462 e. The van der Waals surface area contributed by atoms with E-state index >= 15 is 0 Å². The van der Waals surface area contributed by atoms with Crippen LogP contribution in [0.25, 0.3) is 0 Å². The minimum Gasteiger partial charge on any atom is -0.462 e. The maximum Gasteiger partial charge on any atom is 0.309 e. The van der Waals surface area contributed by atoms with E-state index in [-0.39, 0.29) is 54.3 Å². The second-order valence-electron chi connectivity index (χ2n) is 13.6. The fourth-order valence-corrected chi connectivity index (χ4v) is 7.20. The third kappa shape index (κ3) is 12.9. The Morgan fingerprint density at radius 3 is 1.71 bits per heavy atom. The van der Waals surface area contributed by atoms with Gasteiger partial charge in [0.15, 0.2) is 0 Å². The van der Waals surface area contributed by atoms with Crippen molar-refractivity contribution in [2.45, 2.75) is 204 Å². The van der Waals surface area contributed by atoms with Crippen molar-refractivity contribution in [1.29, 1.82) is 0 Å². The summed E-state index contributed by atoms with van der Waals surface area (Å²) in [7, 11) is 0. The van der Waals surface area contributed by atoms with Gasteiger partial charge in [-0.1, -0.05) is 90.4 Å². The van der Waals surface area contributed by atoms with Crippen molar-refractivity contribution in [3.63, 3.8) is 0 Å². The molecule has 2 N–H and O–H groups in total. The minimum absolute atomic E-state index is 0.0162. The summed E-state index contributed by atoms with van der Waals surface area (Å²) in [6, 6.07) is 0. The van der Waals surface area contributed by atoms with Crippen molar-refractivity contribution in [2.24, 2.45) is 5.92 Å². The zero-order valence-electron chi connectivity index (χ0n) is 26.8. The molecule has 0 bridgehead atoms. The number of carbonyl (C=O) groups is 2. The lowest BCUT2D eigenvalue weighted by molar-refractivity contribution is -0.145. The maximum absolute atomic E-state index is 11.9. The fraction of sp³-hybridized carbons (Fsp3) is 0.943. The standard InChI is InChI=1S/C35H62O7/c1-3-4-5-6-7-8-12-15-18-29(37)31-20-22-33(41-31)34-23-21-32(42-34)30(38)19-16-13-10-9-11-14-17-28-25-27(24-26(2)36)35(39)40-28/h27-34,37-38H,3-25H2,1-2H3. The molecule has 0 saturated carbocycles. The molecule has 8 unspecified atom stereocenters. The predicted octanol–water partition coefficient (Wildman–Crippen LogP) is 7.37. The van der Waals surface area contributed by atoms with Gasteiger partial charge in [-0.15, -0.1) is 0 Å². The van der Waals surface area contributed by atoms with Gasteiger partial charge in [0, 0.05) is 6.42 Å². The lowest BCUT2D eigenvalue weighted by Crippen LogP contribution is -2.33. The predicted molar refractivity (Wildman–Crippen MR) is 165 cm³/mol. The number of hydrogen-bond acceptors (Lipinski definition) is 7. The number of unbranched alkanes of at least 4 members (excludes halogenated alkanes) is 12. The summed E-state index contributed by atoms with van der Waals surface area (Å²) in [4.78, 5) is 23.1. The molecule has 42 heavy (non-hydrogen) atoms. The van der Waals surface area contributed by atoms with Crippen molar-refractivity contribution in [3.05, 3.63) is 0 Å². The van der Waals surface area contributed by atoms with Crippen molar-refractivity contribution in [2.75, 3.05) is 0 Å². The van der Waals surface area contributed by atoms with E-state index < -0.39 is 6.10 Å². The van der Waals surface area contributed by atoms with E-state index in [1.54, 1.807) is 0 Å². The molecule has 3 fully saturated rings. The molecule has 8 atom stereocenters. The number of ketones is 1. The van der Waals surface area contributed by atoms with Crippen molar-refractivity contribution >= 4 is 11.8 Å². The van der Waals surface area contributed by atoms with Gasteiger partial charge in [-0.25, -0.2) is 0 Å². The Morgan fingerprint density at radius 1 is 0.738 bits per heavy atom. The van der Waals surface area contributed by atoms with Gasteiger partial charge in [-0.3, -0.25) is 4.79 Å². The van der Waals surface area contributed by atoms with Crippen LogP contribution in [0.1, 0.15) is 162 Å². The van der Waals surface area contributed by atoms with E-state index in [1.165, 1.54) is 51.9 Å². The topological polar surface area (TPSA) is 102 Å². The summed E-state index contributed by atoms with van der Waals surface area (Å²) in [5, 5.41) is 21.4. The van der Waals surface area contributed by atoms with Crippen LogP contribution >= 0.6 is 0 Å². The molecule has 3 rings (SSSR count). The summed E-state index contributed by atoms with van der Waals surface area (Å²) >= 11 is 0. The highest BCUT2D eigenvalue weighted by molar-refractivity contribution is 5.83. The number of aliphatic hydroxyl groups is 2. The van der Waals surface area contributed by atoms with Crippen LogP contribution in [-0.2, 0) is 23.8 Å². The van der Waals surface area contributed by atoms with E-state index in [1.807, 2.05) is 0 Å². The first-order chi connectivity index (χ1) is 20.4. The maximum atomic E-state index is 11.9. The van der Waals surface area contributed by atoms with E-state index in [0.717, 1.165) is 89.9 Å². The quantitative estimate of drug-likeness (QED) is 0.0941. The van der Waals surface area contributed by atoms with Crippen molar-refractivity contribution in [1.82, 2.24) is 0 Å². The molecular formula is C35H62O7. The Balaban J connectivity index is 1.16. The van der Waals surface area contributed by atoms with E-state index in [4.69, 9.17) is 14.2 Å². The highest BCUT2D eigenvalue weighted by Crippen LogP contribution is 2.35. The van der Waals surface area contributed by atoms with Crippen LogP contribution in [0.5, 0.6) is 0 Å². The second kappa shape index (κ2) is 20.1. The Labute approximate surface area is 255 Å². The lowest BCUT2D eigenvalue weighted by Gasteiger charge is -2.24. The Morgan fingerprint density at radius 2 is 1.21 bits per heavy atom. The molecule has 0 aromatic carbocycles. The van der Waals surface area contributed by atoms with E-state index in [9.17, 15) is 19.8 Å². The molecule has 7 nitrogen and oxygen atoms in total. The lowest BCUT2D eigenvalue weighted by atomic mass is 9.96. The van der Waals surface area contributed by atoms with Gasteiger partial charge in [0.25, 0.3) is 0 Å². The zero-order chi connectivity index (χ0) is 30.2. The van der Waals surface area contributed by atoms with Crippen LogP contribution in [0, 0.1) is 5.92 Å². The average molecular weight is 595 g/mol. The van der Waals surface area contributed by atoms with Gasteiger partial charge in [0.1, 0.15) is 11.9 Å². The molecule has 0 aromatic rings. The molecule has 3 aliphatic heterocycles. The Bertz CT molecular complexity index is 758. The molecule has 0 spiro atoms. The average Bonchev–Trinajstić information content (AvgIpc) is 3.72. The normalized spacial score (nSPS) is 29.2. The summed E-state index contributed by atoms with van der Waals surface area (Å²) < 4.78 is 18.0. The number of cyclic esters (lactones) is 1. The van der Waals surface area contributed by atoms with E-state index in [2.05, 4.69) is 6.92 Å². The summed E-state index contributed by atoms with van der Waals surface area (Å²) in [5.74, 6) is -0.379. The van der Waals surface area contributed by atoms with E-state index in [0.29, 0.717) is 12.8 Å². The molecule has 244 valence electrons. The van der Waals surface area contributed by atoms with Crippen LogP contribution in [-0.4, -0.2) is 64.7 Å². The van der Waals surface area contributed by atoms with Crippen LogP contribution in [0.2, 0.25) is 0 Å². The molecule has 7 heteroatoms. The first-order valence-electron chi connectivity index (χ1n) is 17.7. The van der Waals surface area contributed by atoms with Crippen LogP contribution in [0.3, 0.4) is 0 Å². The van der Waals surface area contributed by atoms with Gasteiger partial charge in [-0.2, -0.15) is 0 Å². The van der Waals surface area contributed by atoms with Crippen molar-refractivity contribution < 1.29 is 34.0 Å². The first kappa shape index (κ1) is 35.5. The summed E-state index contributed by atoms with van der Waals surface area (Å²) in [6.07, 6.45) is 23.1. The van der Waals surface area contributed by atoms with Gasteiger partial charge in [0.05, 0.1) is 42.5 Å². The number of carbonyl (C=O) groups excluding carboxylic acids is 2. The molecule has 3 aliphatic rings. The van der Waals surface area contributed by atoms with Crippen LogP contribution in [0.15, 0.2) is 0 Å². The van der Waals surface area contributed by atoms with Gasteiger partial charge in [-0.05, 0) is 64.7 Å². The zero-order valence-corrected chi connectivity index (χ0v) is 26.8. The van der Waals surface area contributed by atoms with Gasteiger partial charge in [0.2, 0.25) is 0 Å². The second-order valence-corrected chi connectivity index (χ2v) is 13.6. The minimum atomic E-state index is -0.417. The Hall–Kier alpha value is -1.02. The SMILES string of the molecule is CCCCCCCCCCC(O)C1CCC(C2CCC(C(O)CCCCCCCCC3CC(CC(C)=O)C(=O)O3)O2)O1. The molecule has 0 aromatic heterocycles. The first-order valence-corrected chi connectivity index (χ1v) is 17.7. The van der Waals surface area contributed by atoms with Gasteiger partial charge < -0.3 is 29.2 Å². The highest BCUT2D eigenvalue weighted by Gasteiger charge is 2.40. The third-order valence-electron chi connectivity index (χ3n) is 9.77. The third-order valence-corrected chi connectivity index (χ3v) is 9.77. The number of ether oxygens (including phenoxy) is 3. The molecule has 0 radical (unpaired) electrons. The number of aliphatic hydroxyl groups excluding tert-OH is 2. The highest BCUT2D eigenvalue weighted by atomic mass is 16.6. The van der Waals surface area contributed by atoms with Crippen molar-refractivity contribution in [3.8, 4) is 0 Å². The Kier molecular flexibility index (Phi) is 17.0. The molecule has 3 heterocycles. The van der Waals surface area contributed by atoms with Crippen LogP contribution < -0.4 is 0 Å². The number of Topliss-reactive ketones (excluding diaryl/α,β-unsaturated/α-hetero) is 1. The number of esters is 1. The summed E-state index contributed by atoms with van der Waals surface area (Å²) in [5.41, 5.74) is 0. The summed E-state index contributed by atoms with van der Waals surface area (Å²) in [6.45, 7) is 3.78. The fourth-order valence-electron chi connectivity index (χ4n) is 7.20. The number of rotatable bonds is 23.